The molecule has 0 spiro atoms. The smallest absolute Gasteiger partial charge is 0.300 e. The summed E-state index contributed by atoms with van der Waals surface area (Å²) in [7, 11) is 3.89. The molecular formula is C31H34N2O3. The fraction of sp³-hybridized carbons (Fsp3) is 0.290. The summed E-state index contributed by atoms with van der Waals surface area (Å²) in [6.45, 7) is 10.2. The van der Waals surface area contributed by atoms with Crippen molar-refractivity contribution in [3.8, 4) is 0 Å². The molecule has 1 aliphatic rings. The molecule has 3 aromatic carbocycles. The molecule has 1 aliphatic heterocycles. The number of hydrogen-bond acceptors (Lipinski definition) is 4. The molecule has 1 unspecified atom stereocenters. The summed E-state index contributed by atoms with van der Waals surface area (Å²) in [5.41, 5.74) is 5.75. The Labute approximate surface area is 213 Å². The third kappa shape index (κ3) is 4.41. The Morgan fingerprint density at radius 1 is 0.889 bits per heavy atom. The molecule has 1 fully saturated rings. The van der Waals surface area contributed by atoms with Crippen molar-refractivity contribution in [2.75, 3.05) is 23.9 Å². The number of carbonyl (C=O) groups is 2. The van der Waals surface area contributed by atoms with Crippen LogP contribution in [-0.2, 0) is 15.0 Å². The zero-order chi connectivity index (χ0) is 26.4. The van der Waals surface area contributed by atoms with Crippen LogP contribution >= 0.6 is 0 Å². The van der Waals surface area contributed by atoms with E-state index in [2.05, 4.69) is 20.8 Å². The highest BCUT2D eigenvalue weighted by atomic mass is 16.3. The van der Waals surface area contributed by atoms with E-state index in [0.29, 0.717) is 11.3 Å². The molecule has 0 bridgehead atoms. The van der Waals surface area contributed by atoms with E-state index in [-0.39, 0.29) is 16.7 Å². The average molecular weight is 483 g/mol. The number of aliphatic hydroxyl groups excluding tert-OH is 1. The van der Waals surface area contributed by atoms with E-state index in [0.717, 1.165) is 27.9 Å². The fourth-order valence-corrected chi connectivity index (χ4v) is 4.69. The quantitative estimate of drug-likeness (QED) is 0.270. The molecule has 5 nitrogen and oxygen atoms in total. The van der Waals surface area contributed by atoms with Gasteiger partial charge in [0.05, 0.1) is 11.6 Å². The summed E-state index contributed by atoms with van der Waals surface area (Å²) in [5.74, 6) is -1.47. The van der Waals surface area contributed by atoms with Crippen molar-refractivity contribution in [1.82, 2.24) is 0 Å². The van der Waals surface area contributed by atoms with Crippen LogP contribution in [0.2, 0.25) is 0 Å². The monoisotopic (exact) mass is 482 g/mol. The summed E-state index contributed by atoms with van der Waals surface area (Å²) in [5, 5.41) is 11.7. The molecule has 36 heavy (non-hydrogen) atoms. The molecule has 1 saturated heterocycles. The van der Waals surface area contributed by atoms with E-state index >= 15 is 0 Å². The molecule has 5 heteroatoms. The number of aliphatic hydroxyl groups is 1. The summed E-state index contributed by atoms with van der Waals surface area (Å²) < 4.78 is 0. The maximum atomic E-state index is 13.5. The van der Waals surface area contributed by atoms with Crippen LogP contribution in [0.3, 0.4) is 0 Å². The van der Waals surface area contributed by atoms with Crippen LogP contribution in [0.1, 0.15) is 54.6 Å². The first-order valence-electron chi connectivity index (χ1n) is 12.2. The Morgan fingerprint density at radius 2 is 1.53 bits per heavy atom. The largest absolute Gasteiger partial charge is 0.507 e. The lowest BCUT2D eigenvalue weighted by Crippen LogP contribution is -2.29. The zero-order valence-electron chi connectivity index (χ0n) is 22.1. The number of benzene rings is 3. The Kier molecular flexibility index (Phi) is 6.52. The van der Waals surface area contributed by atoms with Gasteiger partial charge >= 0.3 is 0 Å². The number of nitrogens with zero attached hydrogens (tertiary/aromatic N) is 2. The van der Waals surface area contributed by atoms with Gasteiger partial charge in [-0.1, -0.05) is 57.2 Å². The first kappa shape index (κ1) is 25.2. The Hall–Kier alpha value is -3.86. The normalized spacial score (nSPS) is 17.5. The summed E-state index contributed by atoms with van der Waals surface area (Å²) >= 11 is 0. The lowest BCUT2D eigenvalue weighted by molar-refractivity contribution is -0.132. The van der Waals surface area contributed by atoms with Gasteiger partial charge in [0.25, 0.3) is 11.7 Å². The Morgan fingerprint density at radius 3 is 2.11 bits per heavy atom. The molecule has 1 N–H and O–H groups in total. The molecule has 0 aliphatic carbocycles. The average Bonchev–Trinajstić information content (AvgIpc) is 3.08. The van der Waals surface area contributed by atoms with Crippen LogP contribution < -0.4 is 9.80 Å². The van der Waals surface area contributed by atoms with Gasteiger partial charge in [-0.2, -0.15) is 0 Å². The van der Waals surface area contributed by atoms with Crippen molar-refractivity contribution in [2.45, 2.75) is 46.1 Å². The molecule has 4 rings (SSSR count). The van der Waals surface area contributed by atoms with Gasteiger partial charge in [0, 0.05) is 31.0 Å². The van der Waals surface area contributed by atoms with Crippen LogP contribution in [0.5, 0.6) is 0 Å². The van der Waals surface area contributed by atoms with E-state index in [1.807, 2.05) is 99.6 Å². The zero-order valence-corrected chi connectivity index (χ0v) is 22.1. The lowest BCUT2D eigenvalue weighted by Gasteiger charge is -2.27. The second-order valence-electron chi connectivity index (χ2n) is 10.7. The number of Topliss-reactive ketones (excluding diaryl/α,β-unsaturated/α-hetero) is 1. The minimum atomic E-state index is -0.742. The van der Waals surface area contributed by atoms with Crippen LogP contribution in [0.4, 0.5) is 11.4 Å². The Bertz CT molecular complexity index is 1360. The number of amides is 1. The third-order valence-corrected chi connectivity index (χ3v) is 6.93. The van der Waals surface area contributed by atoms with Gasteiger partial charge in [-0.15, -0.1) is 0 Å². The second kappa shape index (κ2) is 9.30. The molecule has 1 amide bonds. The highest BCUT2D eigenvalue weighted by Gasteiger charge is 2.47. The second-order valence-corrected chi connectivity index (χ2v) is 10.7. The van der Waals surface area contributed by atoms with E-state index in [1.165, 1.54) is 4.90 Å². The molecule has 0 aromatic heterocycles. The summed E-state index contributed by atoms with van der Waals surface area (Å²) in [6.07, 6.45) is 0. The van der Waals surface area contributed by atoms with Crippen LogP contribution in [-0.4, -0.2) is 30.9 Å². The third-order valence-electron chi connectivity index (χ3n) is 6.93. The number of carbonyl (C=O) groups excluding carboxylic acids is 2. The molecule has 0 radical (unpaired) electrons. The highest BCUT2D eigenvalue weighted by Crippen LogP contribution is 2.44. The van der Waals surface area contributed by atoms with Gasteiger partial charge in [0.1, 0.15) is 5.76 Å². The maximum Gasteiger partial charge on any atom is 0.300 e. The predicted molar refractivity (Wildman–Crippen MR) is 147 cm³/mol. The van der Waals surface area contributed by atoms with Gasteiger partial charge in [-0.25, -0.2) is 0 Å². The van der Waals surface area contributed by atoms with E-state index in [4.69, 9.17) is 0 Å². The first-order chi connectivity index (χ1) is 16.9. The number of aryl methyl sites for hydroxylation is 2. The molecule has 3 aromatic rings. The van der Waals surface area contributed by atoms with Crippen molar-refractivity contribution in [3.05, 3.63) is 100 Å². The van der Waals surface area contributed by atoms with E-state index in [1.54, 1.807) is 0 Å². The van der Waals surface area contributed by atoms with Gasteiger partial charge in [0.15, 0.2) is 0 Å². The predicted octanol–water partition coefficient (Wildman–Crippen LogP) is 6.29. The maximum absolute atomic E-state index is 13.5. The van der Waals surface area contributed by atoms with Gasteiger partial charge in [0.2, 0.25) is 0 Å². The lowest BCUT2D eigenvalue weighted by atomic mass is 9.84. The van der Waals surface area contributed by atoms with Crippen molar-refractivity contribution in [3.63, 3.8) is 0 Å². The van der Waals surface area contributed by atoms with Crippen molar-refractivity contribution >= 4 is 28.8 Å². The molecule has 186 valence electrons. The van der Waals surface area contributed by atoms with Gasteiger partial charge < -0.3 is 10.0 Å². The molecular weight excluding hydrogens is 448 g/mol. The number of rotatable bonds is 4. The van der Waals surface area contributed by atoms with Crippen LogP contribution in [0.15, 0.2) is 72.3 Å². The van der Waals surface area contributed by atoms with E-state index < -0.39 is 17.7 Å². The molecule has 1 heterocycles. The number of hydrogen-bond donors (Lipinski definition) is 1. The minimum Gasteiger partial charge on any atom is -0.507 e. The molecule has 1 atom stereocenters. The molecule has 0 saturated carbocycles. The van der Waals surface area contributed by atoms with E-state index in [9.17, 15) is 14.7 Å². The van der Waals surface area contributed by atoms with Crippen molar-refractivity contribution in [2.24, 2.45) is 0 Å². The Balaban J connectivity index is 1.97. The van der Waals surface area contributed by atoms with Gasteiger partial charge in [-0.05, 0) is 71.8 Å². The SMILES string of the molecule is Cc1ccc(C(C)(C)C)cc1/C(O)=C1\C(=O)C(=O)N(c2ccc(N(C)C)cc2)C1c1ccccc1C. The number of anilines is 2. The minimum absolute atomic E-state index is 0.111. The summed E-state index contributed by atoms with van der Waals surface area (Å²) in [4.78, 5) is 30.5. The first-order valence-corrected chi connectivity index (χ1v) is 12.2. The number of ketones is 1. The highest BCUT2D eigenvalue weighted by molar-refractivity contribution is 6.51. The standard InChI is InChI=1S/C31H34N2O3/c1-19-10-8-9-11-24(19)27-26(28(34)25-18-21(31(3,4)5)13-12-20(25)2)29(35)30(36)33(27)23-16-14-22(15-17-23)32(6)7/h8-18,27,34H,1-7H3/b28-26+. The summed E-state index contributed by atoms with van der Waals surface area (Å²) in [6, 6.07) is 20.4. The van der Waals surface area contributed by atoms with Gasteiger partial charge in [-0.3, -0.25) is 14.5 Å². The fourth-order valence-electron chi connectivity index (χ4n) is 4.69. The van der Waals surface area contributed by atoms with Crippen LogP contribution in [0, 0.1) is 13.8 Å². The van der Waals surface area contributed by atoms with Crippen molar-refractivity contribution in [1.29, 1.82) is 0 Å². The van der Waals surface area contributed by atoms with Crippen LogP contribution in [0.25, 0.3) is 5.76 Å². The van der Waals surface area contributed by atoms with Crippen molar-refractivity contribution < 1.29 is 14.7 Å². The topological polar surface area (TPSA) is 60.9 Å².